The number of furan rings is 1. The van der Waals surface area contributed by atoms with Crippen molar-refractivity contribution in [3.8, 4) is 0 Å². The summed E-state index contributed by atoms with van der Waals surface area (Å²) in [7, 11) is 0. The summed E-state index contributed by atoms with van der Waals surface area (Å²) in [6, 6.07) is 1.83. The van der Waals surface area contributed by atoms with Crippen LogP contribution in [0.1, 0.15) is 40.5 Å². The highest BCUT2D eigenvalue weighted by atomic mass is 16.4. The molecule has 1 N–H and O–H groups in total. The molecule has 1 aliphatic rings. The first-order valence-corrected chi connectivity index (χ1v) is 5.43. The number of carboxylic acids is 1. The van der Waals surface area contributed by atoms with Crippen molar-refractivity contribution < 1.29 is 14.3 Å². The number of rotatable bonds is 4. The molecule has 0 unspecified atom stereocenters. The first-order chi connectivity index (χ1) is 8.25. The number of nitrogens with zero attached hydrogens (tertiary/aromatic N) is 3. The Labute approximate surface area is 96.9 Å². The molecule has 2 aromatic heterocycles. The molecular weight excluding hydrogens is 222 g/mol. The van der Waals surface area contributed by atoms with Crippen LogP contribution in [0.3, 0.4) is 0 Å². The third-order valence-corrected chi connectivity index (χ3v) is 2.85. The zero-order valence-corrected chi connectivity index (χ0v) is 9.04. The summed E-state index contributed by atoms with van der Waals surface area (Å²) in [4.78, 5) is 11.0. The topological polar surface area (TPSA) is 81.1 Å². The number of aromatic nitrogens is 3. The molecule has 1 fully saturated rings. The Hall–Kier alpha value is -2.11. The molecule has 1 aliphatic carbocycles. The van der Waals surface area contributed by atoms with Crippen LogP contribution in [0.5, 0.6) is 0 Å². The van der Waals surface area contributed by atoms with Crippen molar-refractivity contribution in [3.05, 3.63) is 35.5 Å². The third-order valence-electron chi connectivity index (χ3n) is 2.85. The molecule has 88 valence electrons. The van der Waals surface area contributed by atoms with Crippen molar-refractivity contribution in [1.82, 2.24) is 15.0 Å². The van der Waals surface area contributed by atoms with Crippen LogP contribution < -0.4 is 0 Å². The van der Waals surface area contributed by atoms with E-state index in [1.54, 1.807) is 17.2 Å². The van der Waals surface area contributed by atoms with Gasteiger partial charge in [0.15, 0.2) is 5.69 Å². The zero-order chi connectivity index (χ0) is 11.8. The lowest BCUT2D eigenvalue weighted by Crippen LogP contribution is -2.08. The van der Waals surface area contributed by atoms with Crippen LogP contribution in [0, 0.1) is 0 Å². The third kappa shape index (κ3) is 1.82. The lowest BCUT2D eigenvalue weighted by atomic mass is 10.2. The highest BCUT2D eigenvalue weighted by Crippen LogP contribution is 2.41. The molecule has 17 heavy (non-hydrogen) atoms. The van der Waals surface area contributed by atoms with E-state index in [-0.39, 0.29) is 5.69 Å². The van der Waals surface area contributed by atoms with Crippen molar-refractivity contribution in [1.29, 1.82) is 0 Å². The predicted molar refractivity (Wildman–Crippen MR) is 56.8 cm³/mol. The number of carboxylic acid groups (broad SMARTS) is 1. The van der Waals surface area contributed by atoms with E-state index in [9.17, 15) is 4.79 Å². The smallest absolute Gasteiger partial charge is 0.358 e. The fourth-order valence-electron chi connectivity index (χ4n) is 1.91. The molecule has 0 spiro atoms. The predicted octanol–water partition coefficient (Wildman–Crippen LogP) is 1.49. The lowest BCUT2D eigenvalue weighted by Gasteiger charge is -2.03. The fourth-order valence-corrected chi connectivity index (χ4v) is 1.91. The summed E-state index contributed by atoms with van der Waals surface area (Å²) in [6.07, 6.45) is 5.23. The van der Waals surface area contributed by atoms with Gasteiger partial charge in [-0.15, -0.1) is 5.10 Å². The van der Waals surface area contributed by atoms with E-state index in [1.807, 2.05) is 6.07 Å². The Morgan fingerprint density at radius 1 is 1.59 bits per heavy atom. The highest BCUT2D eigenvalue weighted by molar-refractivity contribution is 5.86. The summed E-state index contributed by atoms with van der Waals surface area (Å²) in [5, 5.41) is 16.7. The molecule has 6 nitrogen and oxygen atoms in total. The molecular formula is C11H11N3O3. The summed E-state index contributed by atoms with van der Waals surface area (Å²) < 4.78 is 6.64. The summed E-state index contributed by atoms with van der Waals surface area (Å²) in [5.74, 6) is -0.714. The minimum absolute atomic E-state index is 0.0796. The Morgan fingerprint density at radius 3 is 3.00 bits per heavy atom. The van der Waals surface area contributed by atoms with Crippen LogP contribution in [0.25, 0.3) is 0 Å². The maximum atomic E-state index is 11.0. The second-order valence-corrected chi connectivity index (χ2v) is 4.19. The Kier molecular flexibility index (Phi) is 2.21. The van der Waals surface area contributed by atoms with Crippen molar-refractivity contribution in [2.75, 3.05) is 0 Å². The Bertz CT molecular complexity index is 540. The first-order valence-electron chi connectivity index (χ1n) is 5.43. The molecule has 2 aromatic rings. The van der Waals surface area contributed by atoms with Gasteiger partial charge in [0.2, 0.25) is 0 Å². The molecule has 0 aliphatic heterocycles. The van der Waals surface area contributed by atoms with Crippen LogP contribution in [0.2, 0.25) is 0 Å². The molecule has 2 heterocycles. The van der Waals surface area contributed by atoms with E-state index in [2.05, 4.69) is 10.3 Å². The van der Waals surface area contributed by atoms with E-state index in [1.165, 1.54) is 0 Å². The van der Waals surface area contributed by atoms with E-state index < -0.39 is 5.97 Å². The molecule has 0 atom stereocenters. The van der Waals surface area contributed by atoms with E-state index >= 15 is 0 Å². The normalized spacial score (nSPS) is 15.1. The Balaban J connectivity index is 1.96. The van der Waals surface area contributed by atoms with Crippen LogP contribution in [-0.4, -0.2) is 26.1 Å². The average molecular weight is 233 g/mol. The average Bonchev–Trinajstić information content (AvgIpc) is 2.85. The zero-order valence-electron chi connectivity index (χ0n) is 9.04. The standard InChI is InChI=1S/C11H11N3O3/c15-11(16)9-10(8-1-2-8)14(13-12-9)5-7-3-4-17-6-7/h3-4,6,8H,1-2,5H2,(H,15,16). The number of carbonyl (C=O) groups is 1. The first kappa shape index (κ1) is 10.1. The van der Waals surface area contributed by atoms with Gasteiger partial charge in [-0.05, 0) is 18.9 Å². The van der Waals surface area contributed by atoms with E-state index in [0.29, 0.717) is 12.5 Å². The van der Waals surface area contributed by atoms with Crippen LogP contribution in [0.15, 0.2) is 23.0 Å². The summed E-state index contributed by atoms with van der Waals surface area (Å²) in [5.41, 5.74) is 1.77. The van der Waals surface area contributed by atoms with Gasteiger partial charge < -0.3 is 9.52 Å². The molecule has 1 saturated carbocycles. The SMILES string of the molecule is O=C(O)c1nnn(Cc2ccoc2)c1C1CC1. The van der Waals surface area contributed by atoms with Gasteiger partial charge in [-0.25, -0.2) is 9.48 Å². The lowest BCUT2D eigenvalue weighted by molar-refractivity contribution is 0.0689. The fraction of sp³-hybridized carbons (Fsp3) is 0.364. The molecule has 6 heteroatoms. The van der Waals surface area contributed by atoms with Gasteiger partial charge in [-0.2, -0.15) is 0 Å². The second kappa shape index (κ2) is 3.73. The molecule has 0 radical (unpaired) electrons. The molecule has 0 amide bonds. The van der Waals surface area contributed by atoms with E-state index in [0.717, 1.165) is 24.1 Å². The summed E-state index contributed by atoms with van der Waals surface area (Å²) >= 11 is 0. The quantitative estimate of drug-likeness (QED) is 0.865. The second-order valence-electron chi connectivity index (χ2n) is 4.19. The van der Waals surface area contributed by atoms with Crippen molar-refractivity contribution >= 4 is 5.97 Å². The number of hydrogen-bond acceptors (Lipinski definition) is 4. The minimum Gasteiger partial charge on any atom is -0.476 e. The minimum atomic E-state index is -1.01. The molecule has 0 saturated heterocycles. The van der Waals surface area contributed by atoms with Gasteiger partial charge in [0.25, 0.3) is 0 Å². The van der Waals surface area contributed by atoms with Crippen LogP contribution in [-0.2, 0) is 6.54 Å². The maximum Gasteiger partial charge on any atom is 0.358 e. The van der Waals surface area contributed by atoms with Crippen LogP contribution in [0.4, 0.5) is 0 Å². The van der Waals surface area contributed by atoms with Gasteiger partial charge in [0.05, 0.1) is 24.8 Å². The van der Waals surface area contributed by atoms with Gasteiger partial charge in [-0.1, -0.05) is 5.21 Å². The van der Waals surface area contributed by atoms with Crippen molar-refractivity contribution in [2.45, 2.75) is 25.3 Å². The van der Waals surface area contributed by atoms with Gasteiger partial charge in [0.1, 0.15) is 0 Å². The molecule has 3 rings (SSSR count). The Morgan fingerprint density at radius 2 is 2.41 bits per heavy atom. The largest absolute Gasteiger partial charge is 0.476 e. The van der Waals surface area contributed by atoms with Gasteiger partial charge in [-0.3, -0.25) is 0 Å². The monoisotopic (exact) mass is 233 g/mol. The van der Waals surface area contributed by atoms with Gasteiger partial charge >= 0.3 is 5.97 Å². The van der Waals surface area contributed by atoms with E-state index in [4.69, 9.17) is 9.52 Å². The van der Waals surface area contributed by atoms with Gasteiger partial charge in [0, 0.05) is 11.5 Å². The van der Waals surface area contributed by atoms with Crippen LogP contribution >= 0.6 is 0 Å². The molecule has 0 bridgehead atoms. The van der Waals surface area contributed by atoms with Crippen molar-refractivity contribution in [2.24, 2.45) is 0 Å². The highest BCUT2D eigenvalue weighted by Gasteiger charge is 2.33. The number of aromatic carboxylic acids is 1. The maximum absolute atomic E-state index is 11.0. The molecule has 0 aromatic carbocycles. The van der Waals surface area contributed by atoms with Crippen molar-refractivity contribution in [3.63, 3.8) is 0 Å². The summed E-state index contributed by atoms with van der Waals surface area (Å²) in [6.45, 7) is 0.503. The number of hydrogen-bond donors (Lipinski definition) is 1.